The molecule has 1 rings (SSSR count). The summed E-state index contributed by atoms with van der Waals surface area (Å²) in [4.78, 5) is 0. The van der Waals surface area contributed by atoms with Crippen molar-refractivity contribution < 1.29 is 4.39 Å². The SMILES string of the molecule is Cc1cc(F)ccc1NC(C#N)=C(C#N)C#N. The molecule has 1 aromatic carbocycles. The fourth-order valence-electron chi connectivity index (χ4n) is 1.19. The molecule has 0 amide bonds. The van der Waals surface area contributed by atoms with Gasteiger partial charge in [-0.25, -0.2) is 4.39 Å². The standard InChI is InChI=1S/C12H7FN4/c1-8-4-10(13)2-3-11(8)17-12(7-16)9(5-14)6-15/h2-4,17H,1H3. The van der Waals surface area contributed by atoms with Gasteiger partial charge in [-0.2, -0.15) is 15.8 Å². The van der Waals surface area contributed by atoms with Crippen molar-refractivity contribution in [3.05, 3.63) is 40.8 Å². The fraction of sp³-hybridized carbons (Fsp3) is 0.0833. The van der Waals surface area contributed by atoms with E-state index in [1.54, 1.807) is 25.1 Å². The quantitative estimate of drug-likeness (QED) is 0.784. The molecule has 0 spiro atoms. The van der Waals surface area contributed by atoms with Crippen molar-refractivity contribution in [1.82, 2.24) is 0 Å². The van der Waals surface area contributed by atoms with E-state index in [9.17, 15) is 4.39 Å². The molecule has 0 aromatic heterocycles. The Hall–Kier alpha value is -2.84. The van der Waals surface area contributed by atoms with Crippen LogP contribution in [0.2, 0.25) is 0 Å². The second-order valence-corrected chi connectivity index (χ2v) is 3.17. The van der Waals surface area contributed by atoms with Gasteiger partial charge in [-0.1, -0.05) is 0 Å². The van der Waals surface area contributed by atoms with Gasteiger partial charge in [-0.15, -0.1) is 0 Å². The van der Waals surface area contributed by atoms with E-state index in [1.807, 2.05) is 0 Å². The molecular weight excluding hydrogens is 219 g/mol. The number of halogens is 1. The molecule has 0 bridgehead atoms. The van der Waals surface area contributed by atoms with Gasteiger partial charge in [-0.05, 0) is 30.7 Å². The van der Waals surface area contributed by atoms with Crippen LogP contribution in [0.15, 0.2) is 29.5 Å². The van der Waals surface area contributed by atoms with Crippen LogP contribution in [0.4, 0.5) is 10.1 Å². The van der Waals surface area contributed by atoms with E-state index >= 15 is 0 Å². The lowest BCUT2D eigenvalue weighted by atomic mass is 10.1. The van der Waals surface area contributed by atoms with E-state index in [-0.39, 0.29) is 11.3 Å². The number of rotatable bonds is 2. The topological polar surface area (TPSA) is 83.4 Å². The zero-order valence-electron chi connectivity index (χ0n) is 8.95. The van der Waals surface area contributed by atoms with E-state index in [2.05, 4.69) is 5.32 Å². The highest BCUT2D eigenvalue weighted by Crippen LogP contribution is 2.18. The summed E-state index contributed by atoms with van der Waals surface area (Å²) in [5.41, 5.74) is 0.597. The molecule has 4 nitrogen and oxygen atoms in total. The highest BCUT2D eigenvalue weighted by Gasteiger charge is 2.07. The van der Waals surface area contributed by atoms with Crippen molar-refractivity contribution in [3.63, 3.8) is 0 Å². The minimum absolute atomic E-state index is 0.148. The predicted octanol–water partition coefficient (Wildman–Crippen LogP) is 2.37. The summed E-state index contributed by atoms with van der Waals surface area (Å²) < 4.78 is 12.8. The van der Waals surface area contributed by atoms with E-state index in [0.29, 0.717) is 11.3 Å². The Morgan fingerprint density at radius 2 is 1.82 bits per heavy atom. The molecule has 0 radical (unpaired) electrons. The number of hydrogen-bond acceptors (Lipinski definition) is 4. The van der Waals surface area contributed by atoms with Crippen LogP contribution in [-0.2, 0) is 0 Å². The average molecular weight is 226 g/mol. The normalized spacial score (nSPS) is 8.41. The summed E-state index contributed by atoms with van der Waals surface area (Å²) in [7, 11) is 0. The number of hydrogen-bond donors (Lipinski definition) is 1. The van der Waals surface area contributed by atoms with Crippen molar-refractivity contribution in [1.29, 1.82) is 15.8 Å². The molecule has 5 heteroatoms. The number of anilines is 1. The minimum atomic E-state index is -0.392. The lowest BCUT2D eigenvalue weighted by Crippen LogP contribution is -2.02. The molecule has 0 aliphatic carbocycles. The van der Waals surface area contributed by atoms with Gasteiger partial charge < -0.3 is 5.32 Å². The molecule has 1 aromatic rings. The van der Waals surface area contributed by atoms with Crippen molar-refractivity contribution in [2.75, 3.05) is 5.32 Å². The summed E-state index contributed by atoms with van der Waals surface area (Å²) in [5, 5.41) is 28.7. The maximum atomic E-state index is 12.8. The smallest absolute Gasteiger partial charge is 0.163 e. The lowest BCUT2D eigenvalue weighted by molar-refractivity contribution is 0.627. The van der Waals surface area contributed by atoms with Crippen LogP contribution in [0.3, 0.4) is 0 Å². The zero-order valence-corrected chi connectivity index (χ0v) is 8.95. The molecular formula is C12H7FN4. The molecule has 0 aliphatic rings. The first-order valence-electron chi connectivity index (χ1n) is 4.60. The van der Waals surface area contributed by atoms with Gasteiger partial charge in [0.1, 0.15) is 29.7 Å². The maximum absolute atomic E-state index is 12.8. The number of nitrogens with zero attached hydrogens (tertiary/aromatic N) is 3. The molecule has 0 saturated carbocycles. The first-order chi connectivity index (χ1) is 8.12. The third-order valence-electron chi connectivity index (χ3n) is 2.03. The highest BCUT2D eigenvalue weighted by atomic mass is 19.1. The molecule has 0 heterocycles. The number of benzene rings is 1. The second kappa shape index (κ2) is 5.30. The van der Waals surface area contributed by atoms with Crippen molar-refractivity contribution in [3.8, 4) is 18.2 Å². The minimum Gasteiger partial charge on any atom is -0.345 e. The first kappa shape index (κ1) is 12.2. The Morgan fingerprint density at radius 3 is 2.29 bits per heavy atom. The lowest BCUT2D eigenvalue weighted by Gasteiger charge is -2.07. The van der Waals surface area contributed by atoms with Crippen molar-refractivity contribution in [2.45, 2.75) is 6.92 Å². The van der Waals surface area contributed by atoms with Gasteiger partial charge in [0.05, 0.1) is 0 Å². The number of aryl methyl sites for hydroxylation is 1. The number of allylic oxidation sites excluding steroid dienone is 2. The molecule has 0 saturated heterocycles. The first-order valence-corrected chi connectivity index (χ1v) is 4.60. The van der Waals surface area contributed by atoms with Gasteiger partial charge in [-0.3, -0.25) is 0 Å². The van der Waals surface area contributed by atoms with Gasteiger partial charge in [0.2, 0.25) is 0 Å². The summed E-state index contributed by atoms with van der Waals surface area (Å²) in [5.74, 6) is -0.392. The van der Waals surface area contributed by atoms with Crippen LogP contribution in [0.25, 0.3) is 0 Å². The summed E-state index contributed by atoms with van der Waals surface area (Å²) in [6.45, 7) is 1.65. The van der Waals surface area contributed by atoms with E-state index < -0.39 is 5.82 Å². The zero-order chi connectivity index (χ0) is 12.8. The molecule has 0 unspecified atom stereocenters. The van der Waals surface area contributed by atoms with Crippen molar-refractivity contribution in [2.24, 2.45) is 0 Å². The van der Waals surface area contributed by atoms with Gasteiger partial charge in [0.25, 0.3) is 0 Å². The summed E-state index contributed by atoms with van der Waals surface area (Å²) in [6, 6.07) is 8.90. The van der Waals surface area contributed by atoms with Gasteiger partial charge in [0.15, 0.2) is 5.57 Å². The largest absolute Gasteiger partial charge is 0.345 e. The van der Waals surface area contributed by atoms with Crippen LogP contribution in [0.5, 0.6) is 0 Å². The van der Waals surface area contributed by atoms with E-state index in [1.165, 1.54) is 18.2 Å². The van der Waals surface area contributed by atoms with Crippen LogP contribution >= 0.6 is 0 Å². The summed E-state index contributed by atoms with van der Waals surface area (Å²) >= 11 is 0. The molecule has 82 valence electrons. The van der Waals surface area contributed by atoms with E-state index in [4.69, 9.17) is 15.8 Å². The average Bonchev–Trinajstić information content (AvgIpc) is 2.32. The van der Waals surface area contributed by atoms with Crippen LogP contribution in [0, 0.1) is 46.7 Å². The van der Waals surface area contributed by atoms with Crippen LogP contribution < -0.4 is 5.32 Å². The third-order valence-corrected chi connectivity index (χ3v) is 2.03. The Balaban J connectivity index is 3.16. The maximum Gasteiger partial charge on any atom is 0.163 e. The van der Waals surface area contributed by atoms with Crippen LogP contribution in [0.1, 0.15) is 5.56 Å². The fourth-order valence-corrected chi connectivity index (χ4v) is 1.19. The third kappa shape index (κ3) is 2.81. The Morgan fingerprint density at radius 1 is 1.18 bits per heavy atom. The second-order valence-electron chi connectivity index (χ2n) is 3.17. The van der Waals surface area contributed by atoms with Gasteiger partial charge in [0, 0.05) is 5.69 Å². The molecule has 1 N–H and O–H groups in total. The van der Waals surface area contributed by atoms with Crippen molar-refractivity contribution >= 4 is 5.69 Å². The van der Waals surface area contributed by atoms with Gasteiger partial charge >= 0.3 is 0 Å². The Kier molecular flexibility index (Phi) is 3.81. The highest BCUT2D eigenvalue weighted by molar-refractivity contribution is 5.61. The summed E-state index contributed by atoms with van der Waals surface area (Å²) in [6.07, 6.45) is 0. The molecule has 17 heavy (non-hydrogen) atoms. The Bertz CT molecular complexity index is 580. The van der Waals surface area contributed by atoms with Crippen LogP contribution in [-0.4, -0.2) is 0 Å². The Labute approximate surface area is 97.8 Å². The molecule has 0 atom stereocenters. The number of nitrogens with one attached hydrogen (secondary N) is 1. The predicted molar refractivity (Wildman–Crippen MR) is 58.6 cm³/mol. The molecule has 0 fully saturated rings. The molecule has 0 aliphatic heterocycles. The monoisotopic (exact) mass is 226 g/mol. The van der Waals surface area contributed by atoms with E-state index in [0.717, 1.165) is 0 Å². The number of nitriles is 3.